The third-order valence-electron chi connectivity index (χ3n) is 4.20. The van der Waals surface area contributed by atoms with Crippen molar-refractivity contribution in [2.24, 2.45) is 4.99 Å². The Morgan fingerprint density at radius 2 is 1.76 bits per heavy atom. The van der Waals surface area contributed by atoms with Crippen LogP contribution in [-0.2, 0) is 4.79 Å². The molecule has 2 amide bonds. The first-order chi connectivity index (χ1) is 13.8. The number of hydrogen-bond donors (Lipinski definition) is 4. The number of halogens is 2. The van der Waals surface area contributed by atoms with Gasteiger partial charge in [-0.1, -0.05) is 39.7 Å². The zero-order valence-corrected chi connectivity index (χ0v) is 18.1. The number of urea groups is 1. The summed E-state index contributed by atoms with van der Waals surface area (Å²) in [6.07, 6.45) is 0. The van der Waals surface area contributed by atoms with E-state index in [1.807, 2.05) is 24.3 Å². The predicted octanol–water partition coefficient (Wildman–Crippen LogP) is 4.29. The van der Waals surface area contributed by atoms with E-state index in [9.17, 15) is 9.59 Å². The first-order valence-electron chi connectivity index (χ1n) is 8.74. The van der Waals surface area contributed by atoms with Crippen LogP contribution in [0.5, 0.6) is 0 Å². The van der Waals surface area contributed by atoms with Crippen LogP contribution >= 0.6 is 27.5 Å². The highest BCUT2D eigenvalue weighted by Crippen LogP contribution is 2.31. The van der Waals surface area contributed by atoms with Gasteiger partial charge in [0, 0.05) is 26.5 Å². The highest BCUT2D eigenvalue weighted by atomic mass is 79.9. The minimum atomic E-state index is -0.509. The molecule has 1 aliphatic heterocycles. The summed E-state index contributed by atoms with van der Waals surface area (Å²) in [6.45, 7) is 3.29. The Labute approximate surface area is 181 Å². The zero-order chi connectivity index (χ0) is 21.0. The molecule has 4 N–H and O–H groups in total. The summed E-state index contributed by atoms with van der Waals surface area (Å²) < 4.78 is 0.916. The Kier molecular flexibility index (Phi) is 6.56. The molecule has 0 spiro atoms. The third-order valence-corrected chi connectivity index (χ3v) is 4.98. The lowest BCUT2D eigenvalue weighted by Crippen LogP contribution is -2.50. The number of guanidine groups is 1. The van der Waals surface area contributed by atoms with Crippen molar-refractivity contribution in [3.8, 4) is 0 Å². The number of carbonyl (C=O) groups excluding carboxylic acids is 2. The molecule has 1 aliphatic rings. The molecule has 0 bridgehead atoms. The number of benzene rings is 2. The van der Waals surface area contributed by atoms with Crippen molar-refractivity contribution >= 4 is 51.0 Å². The van der Waals surface area contributed by atoms with Gasteiger partial charge in [0.1, 0.15) is 6.04 Å². The van der Waals surface area contributed by atoms with Crippen LogP contribution in [0, 0.1) is 0 Å². The number of amides is 2. The number of hydrogen-bond acceptors (Lipinski definition) is 5. The number of allylic oxidation sites excluding steroid dienone is 1. The van der Waals surface area contributed by atoms with Gasteiger partial charge in [-0.2, -0.15) is 0 Å². The van der Waals surface area contributed by atoms with E-state index in [4.69, 9.17) is 11.6 Å². The lowest BCUT2D eigenvalue weighted by atomic mass is 9.94. The van der Waals surface area contributed by atoms with Crippen LogP contribution < -0.4 is 21.5 Å². The van der Waals surface area contributed by atoms with Gasteiger partial charge in [0.2, 0.25) is 5.96 Å². The fourth-order valence-electron chi connectivity index (χ4n) is 2.89. The van der Waals surface area contributed by atoms with Crippen LogP contribution in [0.3, 0.4) is 0 Å². The maximum absolute atomic E-state index is 12.2. The Morgan fingerprint density at radius 1 is 1.10 bits per heavy atom. The predicted molar refractivity (Wildman–Crippen MR) is 118 cm³/mol. The van der Waals surface area contributed by atoms with Gasteiger partial charge >= 0.3 is 6.03 Å². The molecule has 1 unspecified atom stereocenters. The maximum Gasteiger partial charge on any atom is 0.337 e. The van der Waals surface area contributed by atoms with Gasteiger partial charge in [-0.05, 0) is 55.8 Å². The lowest BCUT2D eigenvalue weighted by Gasteiger charge is -2.26. The number of ketones is 1. The van der Waals surface area contributed by atoms with Gasteiger partial charge in [-0.25, -0.2) is 15.2 Å². The second-order valence-electron chi connectivity index (χ2n) is 6.36. The summed E-state index contributed by atoms with van der Waals surface area (Å²) in [7, 11) is 0. The highest BCUT2D eigenvalue weighted by Gasteiger charge is 2.27. The van der Waals surface area contributed by atoms with E-state index < -0.39 is 12.1 Å². The van der Waals surface area contributed by atoms with E-state index >= 15 is 0 Å². The van der Waals surface area contributed by atoms with Crippen molar-refractivity contribution in [1.82, 2.24) is 16.2 Å². The number of anilines is 1. The maximum atomic E-state index is 12.2. The Bertz CT molecular complexity index is 987. The van der Waals surface area contributed by atoms with E-state index in [0.717, 1.165) is 10.0 Å². The molecule has 2 aromatic rings. The number of hydrazine groups is 1. The summed E-state index contributed by atoms with van der Waals surface area (Å²) in [5, 5.41) is 6.31. The highest BCUT2D eigenvalue weighted by molar-refractivity contribution is 9.10. The number of Topliss-reactive ketones (excluding diaryl/α,β-unsaturated/α-hetero) is 1. The van der Waals surface area contributed by atoms with Crippen molar-refractivity contribution in [2.75, 3.05) is 5.32 Å². The Hall–Kier alpha value is -2.84. The molecule has 0 fully saturated rings. The topological polar surface area (TPSA) is 94.6 Å². The van der Waals surface area contributed by atoms with E-state index in [-0.39, 0.29) is 5.78 Å². The molecule has 29 heavy (non-hydrogen) atoms. The van der Waals surface area contributed by atoms with E-state index in [1.165, 1.54) is 6.92 Å². The van der Waals surface area contributed by atoms with Crippen LogP contribution in [0.4, 0.5) is 10.5 Å². The molecule has 7 nitrogen and oxygen atoms in total. The van der Waals surface area contributed by atoms with Crippen molar-refractivity contribution in [1.29, 1.82) is 0 Å². The fraction of sp³-hybridized carbons (Fsp3) is 0.150. The first kappa shape index (κ1) is 20.9. The number of nitrogens with zero attached hydrogens (tertiary/aromatic N) is 1. The van der Waals surface area contributed by atoms with Crippen molar-refractivity contribution in [3.05, 3.63) is 74.9 Å². The molecular formula is C20H19BrClN5O2. The molecule has 0 aliphatic carbocycles. The lowest BCUT2D eigenvalue weighted by molar-refractivity contribution is -0.114. The summed E-state index contributed by atoms with van der Waals surface area (Å²) in [5.41, 5.74) is 7.95. The quantitative estimate of drug-likeness (QED) is 0.497. The fourth-order valence-corrected chi connectivity index (χ4v) is 3.28. The molecule has 0 radical (unpaired) electrons. The number of rotatable bonds is 3. The molecule has 0 saturated carbocycles. The molecule has 2 aromatic carbocycles. The minimum absolute atomic E-state index is 0.0845. The van der Waals surface area contributed by atoms with Gasteiger partial charge in [-0.3, -0.25) is 10.2 Å². The first-order valence-corrected chi connectivity index (χ1v) is 9.91. The van der Waals surface area contributed by atoms with E-state index in [2.05, 4.69) is 42.4 Å². The Balaban J connectivity index is 1.72. The number of aliphatic imine (C=N–C) groups is 1. The average molecular weight is 477 g/mol. The molecule has 150 valence electrons. The monoisotopic (exact) mass is 475 g/mol. The summed E-state index contributed by atoms with van der Waals surface area (Å²) in [5.74, 6) is 0.233. The van der Waals surface area contributed by atoms with Crippen molar-refractivity contribution < 1.29 is 9.59 Å². The SMILES string of the molecule is CC(=O)C1=C(C)NC(NNC(=O)Nc2ccc(Br)cc2)=NC1c1ccc(Cl)cc1. The van der Waals surface area contributed by atoms with Crippen molar-refractivity contribution in [2.45, 2.75) is 19.9 Å². The summed E-state index contributed by atoms with van der Waals surface area (Å²) in [4.78, 5) is 28.8. The summed E-state index contributed by atoms with van der Waals surface area (Å²) in [6, 6.07) is 13.4. The molecule has 9 heteroatoms. The van der Waals surface area contributed by atoms with Crippen LogP contribution in [0.25, 0.3) is 0 Å². The molecule has 0 saturated heterocycles. The van der Waals surface area contributed by atoms with Gasteiger partial charge < -0.3 is 10.6 Å². The largest absolute Gasteiger partial charge is 0.337 e. The summed E-state index contributed by atoms with van der Waals surface area (Å²) >= 11 is 9.31. The molecule has 1 atom stereocenters. The normalized spacial score (nSPS) is 15.9. The number of nitrogens with one attached hydrogen (secondary N) is 4. The van der Waals surface area contributed by atoms with Crippen LogP contribution in [-0.4, -0.2) is 17.8 Å². The third kappa shape index (κ3) is 5.36. The van der Waals surface area contributed by atoms with Crippen LogP contribution in [0.2, 0.25) is 5.02 Å². The smallest absolute Gasteiger partial charge is 0.328 e. The zero-order valence-electron chi connectivity index (χ0n) is 15.7. The standard InChI is InChI=1S/C20H19BrClN5O2/c1-11-17(12(2)28)18(13-3-7-15(22)8-4-13)25-19(23-11)26-27-20(29)24-16-9-5-14(21)6-10-16/h3-10,18H,1-2H3,(H2,23,25,26)(H2,24,27,29). The molecule has 0 aromatic heterocycles. The van der Waals surface area contributed by atoms with Gasteiger partial charge in [0.25, 0.3) is 0 Å². The van der Waals surface area contributed by atoms with Crippen LogP contribution in [0.15, 0.2) is 69.3 Å². The Morgan fingerprint density at radius 3 is 2.38 bits per heavy atom. The second-order valence-corrected chi connectivity index (χ2v) is 7.71. The van der Waals surface area contributed by atoms with Crippen molar-refractivity contribution in [3.63, 3.8) is 0 Å². The molecule has 3 rings (SSSR count). The van der Waals surface area contributed by atoms with E-state index in [1.54, 1.807) is 31.2 Å². The van der Waals surface area contributed by atoms with Gasteiger partial charge in [0.05, 0.1) is 0 Å². The van der Waals surface area contributed by atoms with E-state index in [0.29, 0.717) is 27.9 Å². The van der Waals surface area contributed by atoms with Gasteiger partial charge in [-0.15, -0.1) is 0 Å². The average Bonchev–Trinajstić information content (AvgIpc) is 2.68. The molecule has 1 heterocycles. The number of carbonyl (C=O) groups is 2. The van der Waals surface area contributed by atoms with Gasteiger partial charge in [0.15, 0.2) is 5.78 Å². The second kappa shape index (κ2) is 9.11. The molecular weight excluding hydrogens is 458 g/mol. The van der Waals surface area contributed by atoms with Crippen LogP contribution in [0.1, 0.15) is 25.5 Å². The minimum Gasteiger partial charge on any atom is -0.328 e.